The van der Waals surface area contributed by atoms with Crippen molar-refractivity contribution >= 4 is 0 Å². The lowest BCUT2D eigenvalue weighted by molar-refractivity contribution is 0.0659. The van der Waals surface area contributed by atoms with Crippen molar-refractivity contribution in [3.63, 3.8) is 0 Å². The van der Waals surface area contributed by atoms with E-state index in [9.17, 15) is 0 Å². The third-order valence-corrected chi connectivity index (χ3v) is 4.95. The zero-order valence-electron chi connectivity index (χ0n) is 11.0. The molecule has 2 unspecified atom stereocenters. The van der Waals surface area contributed by atoms with Gasteiger partial charge in [-0.15, -0.1) is 0 Å². The zero-order valence-corrected chi connectivity index (χ0v) is 11.0. The summed E-state index contributed by atoms with van der Waals surface area (Å²) >= 11 is 0. The summed E-state index contributed by atoms with van der Waals surface area (Å²) in [4.78, 5) is 2.74. The van der Waals surface area contributed by atoms with E-state index in [-0.39, 0.29) is 0 Å². The lowest BCUT2D eigenvalue weighted by Crippen LogP contribution is -2.48. The van der Waals surface area contributed by atoms with Crippen molar-refractivity contribution in [1.82, 2.24) is 4.90 Å². The molecule has 0 aromatic heterocycles. The Bertz CT molecular complexity index is 209. The second kappa shape index (κ2) is 5.50. The summed E-state index contributed by atoms with van der Waals surface area (Å²) in [7, 11) is 0. The fraction of sp³-hybridized carbons (Fsp3) is 1.00. The van der Waals surface area contributed by atoms with Gasteiger partial charge in [-0.05, 0) is 62.9 Å². The molecule has 0 amide bonds. The van der Waals surface area contributed by atoms with Crippen LogP contribution < -0.4 is 5.73 Å². The van der Waals surface area contributed by atoms with Crippen LogP contribution in [0.15, 0.2) is 0 Å². The molecule has 0 aromatic rings. The maximum Gasteiger partial charge on any atom is 0.00955 e. The van der Waals surface area contributed by atoms with Crippen molar-refractivity contribution in [2.45, 2.75) is 52.0 Å². The molecule has 94 valence electrons. The van der Waals surface area contributed by atoms with E-state index in [0.29, 0.717) is 0 Å². The van der Waals surface area contributed by atoms with Gasteiger partial charge < -0.3 is 10.6 Å². The molecule has 1 aliphatic carbocycles. The predicted octanol–water partition coefficient (Wildman–Crippen LogP) is 2.48. The predicted molar refractivity (Wildman–Crippen MR) is 69.3 cm³/mol. The molecule has 16 heavy (non-hydrogen) atoms. The van der Waals surface area contributed by atoms with Crippen LogP contribution in [0.4, 0.5) is 0 Å². The van der Waals surface area contributed by atoms with Crippen LogP contribution in [0.25, 0.3) is 0 Å². The number of hydrogen-bond donors (Lipinski definition) is 1. The van der Waals surface area contributed by atoms with Crippen molar-refractivity contribution in [2.24, 2.45) is 23.5 Å². The van der Waals surface area contributed by atoms with Crippen molar-refractivity contribution in [1.29, 1.82) is 0 Å². The Morgan fingerprint density at radius 1 is 1.06 bits per heavy atom. The van der Waals surface area contributed by atoms with E-state index < -0.39 is 0 Å². The molecule has 2 atom stereocenters. The molecule has 0 bridgehead atoms. The van der Waals surface area contributed by atoms with Crippen LogP contribution >= 0.6 is 0 Å². The highest BCUT2D eigenvalue weighted by molar-refractivity contribution is 4.85. The number of likely N-dealkylation sites (tertiary alicyclic amines) is 1. The van der Waals surface area contributed by atoms with Crippen molar-refractivity contribution in [3.8, 4) is 0 Å². The number of piperidine rings is 1. The Labute approximate surface area is 101 Å². The molecule has 2 nitrogen and oxygen atoms in total. The molecule has 2 rings (SSSR count). The zero-order chi connectivity index (χ0) is 11.5. The van der Waals surface area contributed by atoms with Gasteiger partial charge in [-0.25, -0.2) is 0 Å². The molecule has 1 saturated heterocycles. The highest BCUT2D eigenvalue weighted by atomic mass is 15.2. The molecular weight excluding hydrogens is 196 g/mol. The van der Waals surface area contributed by atoms with E-state index in [0.717, 1.165) is 30.3 Å². The normalized spacial score (nSPS) is 42.2. The number of nitrogens with zero attached hydrogens (tertiary/aromatic N) is 1. The van der Waals surface area contributed by atoms with Crippen LogP contribution in [-0.2, 0) is 0 Å². The van der Waals surface area contributed by atoms with Gasteiger partial charge in [0.05, 0.1) is 0 Å². The van der Waals surface area contributed by atoms with Crippen molar-refractivity contribution < 1.29 is 0 Å². The summed E-state index contributed by atoms with van der Waals surface area (Å²) in [6.07, 6.45) is 7.07. The van der Waals surface area contributed by atoms with Crippen LogP contribution in [0, 0.1) is 17.8 Å². The maximum atomic E-state index is 5.88. The number of nitrogens with two attached hydrogens (primary N) is 1. The van der Waals surface area contributed by atoms with Crippen LogP contribution in [-0.4, -0.2) is 30.6 Å². The van der Waals surface area contributed by atoms with Crippen LogP contribution in [0.2, 0.25) is 0 Å². The smallest absolute Gasteiger partial charge is 0.00955 e. The first-order chi connectivity index (χ1) is 7.70. The fourth-order valence-corrected chi connectivity index (χ4v) is 3.42. The van der Waals surface area contributed by atoms with Gasteiger partial charge >= 0.3 is 0 Å². The van der Waals surface area contributed by atoms with Gasteiger partial charge in [-0.3, -0.25) is 0 Å². The Balaban J connectivity index is 1.85. The average Bonchev–Trinajstić information content (AvgIpc) is 2.31. The molecule has 2 aliphatic rings. The topological polar surface area (TPSA) is 29.3 Å². The van der Waals surface area contributed by atoms with Gasteiger partial charge in [0.25, 0.3) is 0 Å². The minimum absolute atomic E-state index is 0.744. The van der Waals surface area contributed by atoms with Crippen molar-refractivity contribution in [3.05, 3.63) is 0 Å². The first-order valence-electron chi connectivity index (χ1n) is 7.14. The summed E-state index contributed by atoms with van der Waals surface area (Å²) in [5, 5.41) is 0. The van der Waals surface area contributed by atoms with Crippen molar-refractivity contribution in [2.75, 3.05) is 19.6 Å². The molecule has 0 aromatic carbocycles. The van der Waals surface area contributed by atoms with E-state index in [2.05, 4.69) is 18.7 Å². The average molecular weight is 224 g/mol. The number of rotatable bonds is 2. The second-order valence-corrected chi connectivity index (χ2v) is 6.17. The lowest BCUT2D eigenvalue weighted by atomic mass is 9.82. The van der Waals surface area contributed by atoms with E-state index in [1.165, 1.54) is 45.2 Å². The molecule has 1 aliphatic heterocycles. The first-order valence-corrected chi connectivity index (χ1v) is 7.14. The highest BCUT2D eigenvalue weighted by Crippen LogP contribution is 2.31. The highest BCUT2D eigenvalue weighted by Gasteiger charge is 2.30. The molecule has 2 N–H and O–H groups in total. The number of hydrogen-bond acceptors (Lipinski definition) is 2. The minimum atomic E-state index is 0.744. The van der Waals surface area contributed by atoms with Gasteiger partial charge in [-0.2, -0.15) is 0 Å². The van der Waals surface area contributed by atoms with Gasteiger partial charge in [0.15, 0.2) is 0 Å². The fourth-order valence-electron chi connectivity index (χ4n) is 3.42. The standard InChI is InChI=1S/C14H28N2/c1-11-3-5-14(6-4-11)16-8-7-12(2)13(9-15)10-16/h11-14H,3-10,15H2,1-2H3. The largest absolute Gasteiger partial charge is 0.330 e. The summed E-state index contributed by atoms with van der Waals surface area (Å²) < 4.78 is 0. The SMILES string of the molecule is CC1CCC(N2CCC(C)C(CN)C2)CC1. The van der Waals surface area contributed by atoms with E-state index >= 15 is 0 Å². The quantitative estimate of drug-likeness (QED) is 0.781. The maximum absolute atomic E-state index is 5.88. The van der Waals surface area contributed by atoms with Crippen LogP contribution in [0.5, 0.6) is 0 Å². The second-order valence-electron chi connectivity index (χ2n) is 6.17. The van der Waals surface area contributed by atoms with E-state index in [4.69, 9.17) is 5.73 Å². The summed E-state index contributed by atoms with van der Waals surface area (Å²) in [6.45, 7) is 8.23. The van der Waals surface area contributed by atoms with Gasteiger partial charge in [0.1, 0.15) is 0 Å². The monoisotopic (exact) mass is 224 g/mol. The first kappa shape index (κ1) is 12.4. The molecule has 1 saturated carbocycles. The van der Waals surface area contributed by atoms with Crippen LogP contribution in [0.3, 0.4) is 0 Å². The summed E-state index contributed by atoms with van der Waals surface area (Å²) in [5.74, 6) is 2.54. The van der Waals surface area contributed by atoms with E-state index in [1.54, 1.807) is 0 Å². The third-order valence-electron chi connectivity index (χ3n) is 4.95. The van der Waals surface area contributed by atoms with E-state index in [1.807, 2.05) is 0 Å². The molecule has 2 fully saturated rings. The van der Waals surface area contributed by atoms with Gasteiger partial charge in [0, 0.05) is 12.6 Å². The molecule has 2 heteroatoms. The molecule has 0 radical (unpaired) electrons. The Kier molecular flexibility index (Phi) is 4.26. The Morgan fingerprint density at radius 2 is 1.75 bits per heavy atom. The van der Waals surface area contributed by atoms with Crippen LogP contribution in [0.1, 0.15) is 46.0 Å². The third kappa shape index (κ3) is 2.78. The van der Waals surface area contributed by atoms with Gasteiger partial charge in [-0.1, -0.05) is 13.8 Å². The Hall–Kier alpha value is -0.0800. The molecule has 1 heterocycles. The molecular formula is C14H28N2. The van der Waals surface area contributed by atoms with Gasteiger partial charge in [0.2, 0.25) is 0 Å². The lowest BCUT2D eigenvalue weighted by Gasteiger charge is -2.43. The Morgan fingerprint density at radius 3 is 2.38 bits per heavy atom. The summed E-state index contributed by atoms with van der Waals surface area (Å²) in [5.41, 5.74) is 5.88. The molecule has 0 spiro atoms. The minimum Gasteiger partial charge on any atom is -0.330 e. The summed E-state index contributed by atoms with van der Waals surface area (Å²) in [6, 6.07) is 0.873.